The molecule has 1 fully saturated rings. The molecule has 1 amide bonds. The maximum absolute atomic E-state index is 11.6. The lowest BCUT2D eigenvalue weighted by atomic mass is 10.1. The van der Waals surface area contributed by atoms with Gasteiger partial charge in [0.1, 0.15) is 0 Å². The second-order valence-electron chi connectivity index (χ2n) is 3.77. The van der Waals surface area contributed by atoms with E-state index in [-0.39, 0.29) is 24.4 Å². The number of hydrogen-bond acceptors (Lipinski definition) is 3. The summed E-state index contributed by atoms with van der Waals surface area (Å²) in [6.45, 7) is 2.67. The first-order chi connectivity index (χ1) is 6.50. The van der Waals surface area contributed by atoms with Crippen molar-refractivity contribution in [2.75, 3.05) is 13.6 Å². The molecule has 1 heterocycles. The van der Waals surface area contributed by atoms with Gasteiger partial charge in [-0.25, -0.2) is 0 Å². The molecule has 0 aromatic heterocycles. The van der Waals surface area contributed by atoms with Crippen LogP contribution in [0.5, 0.6) is 0 Å². The van der Waals surface area contributed by atoms with Crippen molar-refractivity contribution in [1.82, 2.24) is 10.2 Å². The summed E-state index contributed by atoms with van der Waals surface area (Å²) < 4.78 is 0. The first kappa shape index (κ1) is 11.0. The highest BCUT2D eigenvalue weighted by Gasteiger charge is 2.29. The van der Waals surface area contributed by atoms with Crippen molar-refractivity contribution in [3.8, 4) is 0 Å². The van der Waals surface area contributed by atoms with E-state index in [0.717, 1.165) is 0 Å². The van der Waals surface area contributed by atoms with Crippen molar-refractivity contribution in [1.29, 1.82) is 0 Å². The van der Waals surface area contributed by atoms with E-state index >= 15 is 0 Å². The van der Waals surface area contributed by atoms with Crippen LogP contribution in [-0.4, -0.2) is 47.6 Å². The zero-order valence-electron chi connectivity index (χ0n) is 8.49. The highest BCUT2D eigenvalue weighted by atomic mass is 16.4. The predicted octanol–water partition coefficient (Wildman–Crippen LogP) is -0.330. The van der Waals surface area contributed by atoms with Gasteiger partial charge >= 0.3 is 5.97 Å². The molecule has 0 aromatic carbocycles. The van der Waals surface area contributed by atoms with Gasteiger partial charge in [0.15, 0.2) is 0 Å². The molecule has 0 saturated carbocycles. The van der Waals surface area contributed by atoms with Gasteiger partial charge in [-0.3, -0.25) is 9.59 Å². The number of nitrogens with zero attached hydrogens (tertiary/aromatic N) is 1. The Morgan fingerprint density at radius 2 is 2.36 bits per heavy atom. The van der Waals surface area contributed by atoms with Crippen molar-refractivity contribution in [2.45, 2.75) is 31.8 Å². The smallest absolute Gasteiger partial charge is 0.303 e. The molecule has 1 aliphatic rings. The summed E-state index contributed by atoms with van der Waals surface area (Å²) >= 11 is 0. The number of carbonyl (C=O) groups excluding carboxylic acids is 1. The highest BCUT2D eigenvalue weighted by Crippen LogP contribution is 2.08. The first-order valence-corrected chi connectivity index (χ1v) is 4.73. The van der Waals surface area contributed by atoms with Gasteiger partial charge in [-0.1, -0.05) is 0 Å². The highest BCUT2D eigenvalue weighted by molar-refractivity contribution is 5.83. The van der Waals surface area contributed by atoms with Crippen molar-refractivity contribution >= 4 is 11.9 Å². The second-order valence-corrected chi connectivity index (χ2v) is 3.77. The summed E-state index contributed by atoms with van der Waals surface area (Å²) in [4.78, 5) is 23.6. The van der Waals surface area contributed by atoms with E-state index < -0.39 is 5.97 Å². The lowest BCUT2D eigenvalue weighted by Crippen LogP contribution is -2.57. The van der Waals surface area contributed by atoms with E-state index in [2.05, 4.69) is 5.32 Å². The number of piperazine rings is 1. The minimum absolute atomic E-state index is 0.00986. The van der Waals surface area contributed by atoms with Gasteiger partial charge in [0.2, 0.25) is 5.91 Å². The van der Waals surface area contributed by atoms with Crippen LogP contribution in [0.1, 0.15) is 19.8 Å². The number of nitrogens with one attached hydrogen (secondary N) is 1. The molecule has 0 bridgehead atoms. The van der Waals surface area contributed by atoms with Crippen LogP contribution in [0.25, 0.3) is 0 Å². The van der Waals surface area contributed by atoms with Crippen LogP contribution >= 0.6 is 0 Å². The number of carbonyl (C=O) groups is 2. The Morgan fingerprint density at radius 3 is 2.93 bits per heavy atom. The second kappa shape index (κ2) is 4.41. The van der Waals surface area contributed by atoms with Crippen molar-refractivity contribution < 1.29 is 14.7 Å². The number of amides is 1. The van der Waals surface area contributed by atoms with Gasteiger partial charge < -0.3 is 15.3 Å². The van der Waals surface area contributed by atoms with Crippen LogP contribution in [0, 0.1) is 0 Å². The Morgan fingerprint density at radius 1 is 1.71 bits per heavy atom. The minimum atomic E-state index is -0.861. The molecule has 5 nitrogen and oxygen atoms in total. The Balaban J connectivity index is 2.49. The van der Waals surface area contributed by atoms with E-state index in [1.807, 2.05) is 6.92 Å². The molecule has 5 heteroatoms. The molecule has 1 aliphatic heterocycles. The average Bonchev–Trinajstić information content (AvgIpc) is 2.08. The summed E-state index contributed by atoms with van der Waals surface area (Å²) in [5.41, 5.74) is 0. The van der Waals surface area contributed by atoms with Gasteiger partial charge in [-0.2, -0.15) is 0 Å². The Labute approximate surface area is 83.1 Å². The number of rotatable bonds is 3. The van der Waals surface area contributed by atoms with Gasteiger partial charge in [-0.05, 0) is 13.3 Å². The molecule has 2 N–H and O–H groups in total. The fourth-order valence-corrected chi connectivity index (χ4v) is 1.71. The molecule has 0 aromatic rings. The fraction of sp³-hybridized carbons (Fsp3) is 0.778. The van der Waals surface area contributed by atoms with Crippen LogP contribution in [0.3, 0.4) is 0 Å². The lowest BCUT2D eigenvalue weighted by molar-refractivity contribution is -0.138. The Hall–Kier alpha value is -1.10. The zero-order chi connectivity index (χ0) is 10.7. The largest absolute Gasteiger partial charge is 0.481 e. The molecule has 1 rings (SSSR count). The first-order valence-electron chi connectivity index (χ1n) is 4.73. The molecule has 2 unspecified atom stereocenters. The third-order valence-electron chi connectivity index (χ3n) is 2.35. The number of hydrogen-bond donors (Lipinski definition) is 2. The third kappa shape index (κ3) is 2.70. The van der Waals surface area contributed by atoms with Crippen LogP contribution in [0.2, 0.25) is 0 Å². The lowest BCUT2D eigenvalue weighted by Gasteiger charge is -2.34. The molecular weight excluding hydrogens is 184 g/mol. The number of likely N-dealkylation sites (N-methyl/N-ethyl adjacent to an activating group) is 1. The summed E-state index contributed by atoms with van der Waals surface area (Å²) in [6.07, 6.45) is 0.396. The summed E-state index contributed by atoms with van der Waals surface area (Å²) in [7, 11) is 1.74. The maximum Gasteiger partial charge on any atom is 0.303 e. The molecule has 80 valence electrons. The molecule has 14 heavy (non-hydrogen) atoms. The Kier molecular flexibility index (Phi) is 3.46. The topological polar surface area (TPSA) is 69.6 Å². The maximum atomic E-state index is 11.6. The fourth-order valence-electron chi connectivity index (χ4n) is 1.71. The quantitative estimate of drug-likeness (QED) is 0.654. The van der Waals surface area contributed by atoms with Crippen molar-refractivity contribution in [2.24, 2.45) is 0 Å². The van der Waals surface area contributed by atoms with Crippen molar-refractivity contribution in [3.05, 3.63) is 0 Å². The van der Waals surface area contributed by atoms with Gasteiger partial charge in [0.05, 0.1) is 6.04 Å². The molecule has 2 atom stereocenters. The number of carboxylic acid groups (broad SMARTS) is 1. The average molecular weight is 200 g/mol. The molecule has 0 aliphatic carbocycles. The number of aliphatic carboxylic acids is 1. The van der Waals surface area contributed by atoms with E-state index in [1.54, 1.807) is 11.9 Å². The van der Waals surface area contributed by atoms with Crippen LogP contribution in [-0.2, 0) is 9.59 Å². The third-order valence-corrected chi connectivity index (χ3v) is 2.35. The van der Waals surface area contributed by atoms with Gasteiger partial charge in [0, 0.05) is 26.1 Å². The van der Waals surface area contributed by atoms with Crippen LogP contribution in [0.15, 0.2) is 0 Å². The monoisotopic (exact) mass is 200 g/mol. The summed E-state index contributed by atoms with van der Waals surface area (Å²) in [6, 6.07) is -0.101. The van der Waals surface area contributed by atoms with Gasteiger partial charge in [-0.15, -0.1) is 0 Å². The molecule has 0 spiro atoms. The van der Waals surface area contributed by atoms with E-state index in [9.17, 15) is 9.59 Å². The molecule has 1 saturated heterocycles. The number of carboxylic acids is 1. The molecular formula is C9H16N2O3. The van der Waals surface area contributed by atoms with Crippen LogP contribution in [0.4, 0.5) is 0 Å². The van der Waals surface area contributed by atoms with Crippen LogP contribution < -0.4 is 5.32 Å². The normalized spacial score (nSPS) is 27.9. The van der Waals surface area contributed by atoms with E-state index in [1.165, 1.54) is 0 Å². The summed E-state index contributed by atoms with van der Waals surface area (Å²) in [5.74, 6) is -0.871. The predicted molar refractivity (Wildman–Crippen MR) is 50.9 cm³/mol. The standard InChI is InChI=1S/C9H16N2O3/c1-6-5-11(2)9(14)7(10-6)3-4-8(12)13/h6-7,10H,3-5H2,1-2H3,(H,12,13). The van der Waals surface area contributed by atoms with Crippen molar-refractivity contribution in [3.63, 3.8) is 0 Å². The minimum Gasteiger partial charge on any atom is -0.481 e. The summed E-state index contributed by atoms with van der Waals surface area (Å²) in [5, 5.41) is 11.6. The molecule has 0 radical (unpaired) electrons. The zero-order valence-corrected chi connectivity index (χ0v) is 8.49. The van der Waals surface area contributed by atoms with E-state index in [0.29, 0.717) is 13.0 Å². The van der Waals surface area contributed by atoms with E-state index in [4.69, 9.17) is 5.11 Å². The Bertz CT molecular complexity index is 242. The van der Waals surface area contributed by atoms with Gasteiger partial charge in [0.25, 0.3) is 0 Å². The SMILES string of the molecule is CC1CN(C)C(=O)C(CCC(=O)O)N1.